The van der Waals surface area contributed by atoms with Crippen LogP contribution in [0.15, 0.2) is 48.5 Å². The van der Waals surface area contributed by atoms with E-state index < -0.39 is 0 Å². The smallest absolute Gasteiger partial charge is 0.338 e. The summed E-state index contributed by atoms with van der Waals surface area (Å²) in [6, 6.07) is 15.3. The molecule has 0 amide bonds. The summed E-state index contributed by atoms with van der Waals surface area (Å²) in [6.45, 7) is 3.46. The maximum Gasteiger partial charge on any atom is 0.338 e. The standard InChI is InChI=1S/C19H22O4/c1-3-12-22-18-10-8-16(9-11-18)15-4-6-17(7-5-15)19(20)23-14-13-21-2/h4-11H,3,12-14H2,1-2H3. The van der Waals surface area contributed by atoms with E-state index in [4.69, 9.17) is 14.2 Å². The van der Waals surface area contributed by atoms with Crippen molar-refractivity contribution in [2.75, 3.05) is 26.9 Å². The van der Waals surface area contributed by atoms with E-state index in [1.807, 2.05) is 36.4 Å². The van der Waals surface area contributed by atoms with Crippen LogP contribution in [0.4, 0.5) is 0 Å². The summed E-state index contributed by atoms with van der Waals surface area (Å²) in [6.07, 6.45) is 0.990. The summed E-state index contributed by atoms with van der Waals surface area (Å²) < 4.78 is 15.5. The zero-order chi connectivity index (χ0) is 16.5. The maximum absolute atomic E-state index is 11.8. The topological polar surface area (TPSA) is 44.8 Å². The van der Waals surface area contributed by atoms with Gasteiger partial charge in [0.25, 0.3) is 0 Å². The molecule has 0 spiro atoms. The maximum atomic E-state index is 11.8. The van der Waals surface area contributed by atoms with E-state index >= 15 is 0 Å². The van der Waals surface area contributed by atoms with Crippen LogP contribution in [0.2, 0.25) is 0 Å². The van der Waals surface area contributed by atoms with E-state index in [1.165, 1.54) is 0 Å². The zero-order valence-electron chi connectivity index (χ0n) is 13.6. The van der Waals surface area contributed by atoms with Crippen molar-refractivity contribution < 1.29 is 19.0 Å². The van der Waals surface area contributed by atoms with Crippen LogP contribution >= 0.6 is 0 Å². The molecule has 0 unspecified atom stereocenters. The average molecular weight is 314 g/mol. The first-order valence-corrected chi connectivity index (χ1v) is 7.74. The van der Waals surface area contributed by atoms with Crippen LogP contribution in [-0.2, 0) is 9.47 Å². The first-order chi connectivity index (χ1) is 11.2. The normalized spacial score (nSPS) is 10.3. The highest BCUT2D eigenvalue weighted by Crippen LogP contribution is 2.23. The van der Waals surface area contributed by atoms with Gasteiger partial charge in [-0.15, -0.1) is 0 Å². The van der Waals surface area contributed by atoms with Crippen LogP contribution in [0.5, 0.6) is 5.75 Å². The fourth-order valence-electron chi connectivity index (χ4n) is 2.06. The van der Waals surface area contributed by atoms with E-state index in [-0.39, 0.29) is 12.6 Å². The van der Waals surface area contributed by atoms with E-state index in [0.717, 1.165) is 29.9 Å². The highest BCUT2D eigenvalue weighted by atomic mass is 16.6. The Morgan fingerprint density at radius 1 is 0.870 bits per heavy atom. The highest BCUT2D eigenvalue weighted by Gasteiger charge is 2.07. The van der Waals surface area contributed by atoms with E-state index in [2.05, 4.69) is 6.92 Å². The predicted octanol–water partition coefficient (Wildman–Crippen LogP) is 3.95. The van der Waals surface area contributed by atoms with Gasteiger partial charge in [0.15, 0.2) is 0 Å². The Kier molecular flexibility index (Phi) is 6.63. The van der Waals surface area contributed by atoms with Crippen LogP contribution < -0.4 is 4.74 Å². The lowest BCUT2D eigenvalue weighted by Gasteiger charge is -2.07. The molecule has 2 rings (SSSR count). The third-order valence-corrected chi connectivity index (χ3v) is 3.30. The first kappa shape index (κ1) is 17.0. The lowest BCUT2D eigenvalue weighted by atomic mass is 10.0. The number of hydrogen-bond donors (Lipinski definition) is 0. The lowest BCUT2D eigenvalue weighted by Crippen LogP contribution is -2.09. The van der Waals surface area contributed by atoms with Crippen molar-refractivity contribution in [2.45, 2.75) is 13.3 Å². The third kappa shape index (κ3) is 5.11. The van der Waals surface area contributed by atoms with Gasteiger partial charge in [-0.3, -0.25) is 0 Å². The Bertz CT molecular complexity index is 602. The Morgan fingerprint density at radius 3 is 2.04 bits per heavy atom. The molecule has 4 heteroatoms. The number of benzene rings is 2. The molecule has 122 valence electrons. The summed E-state index contributed by atoms with van der Waals surface area (Å²) >= 11 is 0. The zero-order valence-corrected chi connectivity index (χ0v) is 13.6. The molecular formula is C19H22O4. The molecule has 2 aromatic rings. The monoisotopic (exact) mass is 314 g/mol. The van der Waals surface area contributed by atoms with Gasteiger partial charge in [0, 0.05) is 7.11 Å². The van der Waals surface area contributed by atoms with E-state index in [9.17, 15) is 4.79 Å². The average Bonchev–Trinajstić information content (AvgIpc) is 2.61. The molecular weight excluding hydrogens is 292 g/mol. The number of esters is 1. The molecule has 2 aromatic carbocycles. The van der Waals surface area contributed by atoms with Crippen LogP contribution in [0, 0.1) is 0 Å². The molecule has 0 aliphatic rings. The molecule has 0 aliphatic carbocycles. The molecule has 4 nitrogen and oxygen atoms in total. The lowest BCUT2D eigenvalue weighted by molar-refractivity contribution is 0.0388. The molecule has 0 heterocycles. The van der Waals surface area contributed by atoms with Gasteiger partial charge in [-0.1, -0.05) is 31.2 Å². The Hall–Kier alpha value is -2.33. The molecule has 0 aliphatic heterocycles. The summed E-state index contributed by atoms with van der Waals surface area (Å²) in [5.41, 5.74) is 2.65. The van der Waals surface area contributed by atoms with E-state index in [0.29, 0.717) is 12.2 Å². The minimum atomic E-state index is -0.336. The fourth-order valence-corrected chi connectivity index (χ4v) is 2.06. The molecule has 23 heavy (non-hydrogen) atoms. The molecule has 0 bridgehead atoms. The van der Waals surface area contributed by atoms with Crippen LogP contribution in [0.25, 0.3) is 11.1 Å². The van der Waals surface area contributed by atoms with Crippen LogP contribution in [-0.4, -0.2) is 32.9 Å². The van der Waals surface area contributed by atoms with Gasteiger partial charge in [-0.25, -0.2) is 4.79 Å². The van der Waals surface area contributed by atoms with Crippen molar-refractivity contribution in [3.63, 3.8) is 0 Å². The van der Waals surface area contributed by atoms with Gasteiger partial charge in [-0.2, -0.15) is 0 Å². The molecule has 0 radical (unpaired) electrons. The van der Waals surface area contributed by atoms with Gasteiger partial charge in [0.1, 0.15) is 12.4 Å². The second-order valence-electron chi connectivity index (χ2n) is 5.08. The SMILES string of the molecule is CCCOc1ccc(-c2ccc(C(=O)OCCOC)cc2)cc1. The highest BCUT2D eigenvalue weighted by molar-refractivity contribution is 5.90. The number of rotatable bonds is 8. The van der Waals surface area contributed by atoms with Gasteiger partial charge in [-0.05, 0) is 41.8 Å². The predicted molar refractivity (Wildman–Crippen MR) is 89.8 cm³/mol. The van der Waals surface area contributed by atoms with Gasteiger partial charge >= 0.3 is 5.97 Å². The largest absolute Gasteiger partial charge is 0.494 e. The third-order valence-electron chi connectivity index (χ3n) is 3.30. The fraction of sp³-hybridized carbons (Fsp3) is 0.316. The minimum Gasteiger partial charge on any atom is -0.494 e. The number of hydrogen-bond acceptors (Lipinski definition) is 4. The quantitative estimate of drug-likeness (QED) is 0.547. The summed E-state index contributed by atoms with van der Waals surface area (Å²) in [5, 5.41) is 0. The molecule has 0 saturated carbocycles. The number of carbonyl (C=O) groups is 1. The van der Waals surface area contributed by atoms with Crippen molar-refractivity contribution in [1.82, 2.24) is 0 Å². The first-order valence-electron chi connectivity index (χ1n) is 7.74. The molecule has 0 fully saturated rings. The summed E-state index contributed by atoms with van der Waals surface area (Å²) in [4.78, 5) is 11.8. The van der Waals surface area contributed by atoms with Crippen molar-refractivity contribution >= 4 is 5.97 Å². The Morgan fingerprint density at radius 2 is 1.48 bits per heavy atom. The minimum absolute atomic E-state index is 0.260. The Labute approximate surface area is 137 Å². The molecule has 0 aromatic heterocycles. The van der Waals surface area contributed by atoms with E-state index in [1.54, 1.807) is 19.2 Å². The number of methoxy groups -OCH3 is 1. The van der Waals surface area contributed by atoms with Crippen molar-refractivity contribution in [2.24, 2.45) is 0 Å². The summed E-state index contributed by atoms with van der Waals surface area (Å²) in [7, 11) is 1.57. The molecule has 0 N–H and O–H groups in total. The van der Waals surface area contributed by atoms with Crippen LogP contribution in [0.1, 0.15) is 23.7 Å². The molecule has 0 saturated heterocycles. The van der Waals surface area contributed by atoms with Crippen LogP contribution in [0.3, 0.4) is 0 Å². The second kappa shape index (κ2) is 8.96. The Balaban J connectivity index is 2.00. The second-order valence-corrected chi connectivity index (χ2v) is 5.08. The van der Waals surface area contributed by atoms with Crippen molar-refractivity contribution in [1.29, 1.82) is 0 Å². The van der Waals surface area contributed by atoms with Gasteiger partial charge in [0.2, 0.25) is 0 Å². The number of carbonyl (C=O) groups excluding carboxylic acids is 1. The van der Waals surface area contributed by atoms with Gasteiger partial charge < -0.3 is 14.2 Å². The van der Waals surface area contributed by atoms with Crippen molar-refractivity contribution in [3.8, 4) is 16.9 Å². The number of ether oxygens (including phenoxy) is 3. The molecule has 0 atom stereocenters. The van der Waals surface area contributed by atoms with Crippen molar-refractivity contribution in [3.05, 3.63) is 54.1 Å². The van der Waals surface area contributed by atoms with Gasteiger partial charge in [0.05, 0.1) is 18.8 Å². The summed E-state index contributed by atoms with van der Waals surface area (Å²) in [5.74, 6) is 0.533.